The molecule has 0 bridgehead atoms. The van der Waals surface area contributed by atoms with E-state index < -0.39 is 0 Å². The van der Waals surface area contributed by atoms with Crippen molar-refractivity contribution in [2.45, 2.75) is 19.8 Å². The van der Waals surface area contributed by atoms with Crippen molar-refractivity contribution in [3.63, 3.8) is 0 Å². The summed E-state index contributed by atoms with van der Waals surface area (Å²) in [4.78, 5) is 0. The van der Waals surface area contributed by atoms with E-state index in [0.717, 1.165) is 41.7 Å². The van der Waals surface area contributed by atoms with E-state index in [1.54, 1.807) is 7.11 Å². The van der Waals surface area contributed by atoms with Crippen molar-refractivity contribution in [2.24, 2.45) is 0 Å². The summed E-state index contributed by atoms with van der Waals surface area (Å²) < 4.78 is 16.3. The van der Waals surface area contributed by atoms with Crippen molar-refractivity contribution < 1.29 is 14.2 Å². The van der Waals surface area contributed by atoms with Crippen LogP contribution in [0.5, 0.6) is 11.5 Å². The van der Waals surface area contributed by atoms with Gasteiger partial charge in [-0.25, -0.2) is 0 Å². The van der Waals surface area contributed by atoms with Crippen LogP contribution in [0.1, 0.15) is 19.8 Å². The van der Waals surface area contributed by atoms with Crippen molar-refractivity contribution >= 4 is 10.8 Å². The SMILES string of the molecule is CCCCOc1ccc2cc(OCCOC)ccc2c1. The third-order valence-electron chi connectivity index (χ3n) is 3.11. The molecule has 0 saturated heterocycles. The zero-order valence-corrected chi connectivity index (χ0v) is 12.2. The number of benzene rings is 2. The van der Waals surface area contributed by atoms with Crippen LogP contribution in [0, 0.1) is 0 Å². The number of methoxy groups -OCH3 is 1. The third-order valence-corrected chi connectivity index (χ3v) is 3.11. The molecule has 0 N–H and O–H groups in total. The van der Waals surface area contributed by atoms with Gasteiger partial charge in [0.15, 0.2) is 0 Å². The van der Waals surface area contributed by atoms with Crippen LogP contribution in [-0.2, 0) is 4.74 Å². The molecule has 0 saturated carbocycles. The van der Waals surface area contributed by atoms with Crippen LogP contribution in [0.15, 0.2) is 36.4 Å². The number of unbranched alkanes of at least 4 members (excludes halogenated alkanes) is 1. The third kappa shape index (κ3) is 4.14. The first-order valence-electron chi connectivity index (χ1n) is 7.12. The molecule has 0 aliphatic carbocycles. The number of fused-ring (bicyclic) bond motifs is 1. The summed E-state index contributed by atoms with van der Waals surface area (Å²) in [7, 11) is 1.67. The van der Waals surface area contributed by atoms with E-state index in [1.165, 1.54) is 0 Å². The highest BCUT2D eigenvalue weighted by Crippen LogP contribution is 2.25. The lowest BCUT2D eigenvalue weighted by atomic mass is 10.1. The zero-order valence-electron chi connectivity index (χ0n) is 12.2. The molecular weight excluding hydrogens is 252 g/mol. The molecule has 20 heavy (non-hydrogen) atoms. The molecule has 0 radical (unpaired) electrons. The van der Waals surface area contributed by atoms with Crippen molar-refractivity contribution in [1.29, 1.82) is 0 Å². The Bertz CT molecular complexity index is 487. The Kier molecular flexibility index (Phi) is 5.69. The second kappa shape index (κ2) is 7.75. The van der Waals surface area contributed by atoms with Gasteiger partial charge in [-0.05, 0) is 41.5 Å². The molecule has 0 atom stereocenters. The van der Waals surface area contributed by atoms with Crippen LogP contribution < -0.4 is 9.47 Å². The maximum absolute atomic E-state index is 5.72. The van der Waals surface area contributed by atoms with E-state index in [9.17, 15) is 0 Å². The van der Waals surface area contributed by atoms with E-state index in [-0.39, 0.29) is 0 Å². The van der Waals surface area contributed by atoms with E-state index in [1.807, 2.05) is 18.2 Å². The maximum Gasteiger partial charge on any atom is 0.120 e. The van der Waals surface area contributed by atoms with Gasteiger partial charge in [0, 0.05) is 7.11 Å². The quantitative estimate of drug-likeness (QED) is 0.680. The Labute approximate surface area is 120 Å². The first kappa shape index (κ1) is 14.7. The monoisotopic (exact) mass is 274 g/mol. The summed E-state index contributed by atoms with van der Waals surface area (Å²) in [5.74, 6) is 1.80. The van der Waals surface area contributed by atoms with Crippen LogP contribution >= 0.6 is 0 Å². The van der Waals surface area contributed by atoms with Gasteiger partial charge in [-0.2, -0.15) is 0 Å². The van der Waals surface area contributed by atoms with Crippen LogP contribution in [0.25, 0.3) is 10.8 Å². The van der Waals surface area contributed by atoms with Gasteiger partial charge >= 0.3 is 0 Å². The van der Waals surface area contributed by atoms with E-state index in [2.05, 4.69) is 25.1 Å². The standard InChI is InChI=1S/C17H22O3/c1-3-4-9-19-16-7-5-15-13-17(20-11-10-18-2)8-6-14(15)12-16/h5-8,12-13H,3-4,9-11H2,1-2H3. The molecular formula is C17H22O3. The number of ether oxygens (including phenoxy) is 3. The number of hydrogen-bond donors (Lipinski definition) is 0. The highest BCUT2D eigenvalue weighted by molar-refractivity contribution is 5.85. The molecule has 0 spiro atoms. The molecule has 108 valence electrons. The minimum atomic E-state index is 0.570. The van der Waals surface area contributed by atoms with Crippen LogP contribution in [-0.4, -0.2) is 26.9 Å². The fourth-order valence-corrected chi connectivity index (χ4v) is 1.96. The largest absolute Gasteiger partial charge is 0.494 e. The minimum Gasteiger partial charge on any atom is -0.494 e. The summed E-state index contributed by atoms with van der Waals surface area (Å²) in [6.07, 6.45) is 2.24. The summed E-state index contributed by atoms with van der Waals surface area (Å²) in [6.45, 7) is 4.11. The summed E-state index contributed by atoms with van der Waals surface area (Å²) in [6, 6.07) is 12.2. The molecule has 0 aliphatic rings. The molecule has 3 nitrogen and oxygen atoms in total. The van der Waals surface area contributed by atoms with E-state index in [4.69, 9.17) is 14.2 Å². The first-order valence-corrected chi connectivity index (χ1v) is 7.12. The van der Waals surface area contributed by atoms with Gasteiger partial charge < -0.3 is 14.2 Å². The van der Waals surface area contributed by atoms with Crippen LogP contribution in [0.3, 0.4) is 0 Å². The van der Waals surface area contributed by atoms with Crippen molar-refractivity contribution in [2.75, 3.05) is 26.9 Å². The van der Waals surface area contributed by atoms with Gasteiger partial charge in [-0.15, -0.1) is 0 Å². The van der Waals surface area contributed by atoms with Gasteiger partial charge in [0.2, 0.25) is 0 Å². The Hall–Kier alpha value is -1.74. The molecule has 2 aromatic carbocycles. The second-order valence-electron chi connectivity index (χ2n) is 4.71. The molecule has 0 amide bonds. The fourth-order valence-electron chi connectivity index (χ4n) is 1.96. The van der Waals surface area contributed by atoms with E-state index in [0.29, 0.717) is 13.2 Å². The summed E-state index contributed by atoms with van der Waals surface area (Å²) in [5, 5.41) is 2.32. The summed E-state index contributed by atoms with van der Waals surface area (Å²) >= 11 is 0. The van der Waals surface area contributed by atoms with Gasteiger partial charge in [0.25, 0.3) is 0 Å². The molecule has 0 aromatic heterocycles. The average Bonchev–Trinajstić information content (AvgIpc) is 2.48. The molecule has 0 aliphatic heterocycles. The Morgan fingerprint density at radius 2 is 1.40 bits per heavy atom. The molecule has 3 heteroatoms. The van der Waals surface area contributed by atoms with Gasteiger partial charge in [0.05, 0.1) is 13.2 Å². The van der Waals surface area contributed by atoms with Gasteiger partial charge in [-0.1, -0.05) is 25.5 Å². The highest BCUT2D eigenvalue weighted by Gasteiger charge is 2.00. The lowest BCUT2D eigenvalue weighted by Gasteiger charge is -2.09. The van der Waals surface area contributed by atoms with Crippen LogP contribution in [0.2, 0.25) is 0 Å². The van der Waals surface area contributed by atoms with Crippen molar-refractivity contribution in [3.8, 4) is 11.5 Å². The van der Waals surface area contributed by atoms with Crippen LogP contribution in [0.4, 0.5) is 0 Å². The average molecular weight is 274 g/mol. The number of hydrogen-bond acceptors (Lipinski definition) is 3. The molecule has 2 aromatic rings. The molecule has 2 rings (SSSR count). The Morgan fingerprint density at radius 1 is 0.800 bits per heavy atom. The zero-order chi connectivity index (χ0) is 14.2. The van der Waals surface area contributed by atoms with Gasteiger partial charge in [-0.3, -0.25) is 0 Å². The Balaban J connectivity index is 2.04. The fraction of sp³-hybridized carbons (Fsp3) is 0.412. The molecule has 0 heterocycles. The summed E-state index contributed by atoms with van der Waals surface area (Å²) in [5.41, 5.74) is 0. The van der Waals surface area contributed by atoms with Gasteiger partial charge in [0.1, 0.15) is 18.1 Å². The second-order valence-corrected chi connectivity index (χ2v) is 4.71. The smallest absolute Gasteiger partial charge is 0.120 e. The minimum absolute atomic E-state index is 0.570. The lowest BCUT2D eigenvalue weighted by Crippen LogP contribution is -2.03. The highest BCUT2D eigenvalue weighted by atomic mass is 16.5. The lowest BCUT2D eigenvalue weighted by molar-refractivity contribution is 0.146. The van der Waals surface area contributed by atoms with Crippen molar-refractivity contribution in [3.05, 3.63) is 36.4 Å². The molecule has 0 unspecified atom stereocenters. The number of rotatable bonds is 8. The predicted molar refractivity (Wildman–Crippen MR) is 81.7 cm³/mol. The Morgan fingerprint density at radius 3 is 1.95 bits per heavy atom. The molecule has 0 fully saturated rings. The topological polar surface area (TPSA) is 27.7 Å². The van der Waals surface area contributed by atoms with E-state index >= 15 is 0 Å². The normalized spacial score (nSPS) is 10.7. The predicted octanol–water partition coefficient (Wildman–Crippen LogP) is 4.04. The van der Waals surface area contributed by atoms with Crippen molar-refractivity contribution in [1.82, 2.24) is 0 Å². The first-order chi connectivity index (χ1) is 9.83. The maximum atomic E-state index is 5.72.